The highest BCUT2D eigenvalue weighted by atomic mass is 32.2. The standard InChI is InChI=1S/C13H10N4O2S2/c1-19-12(18)9-5-15-6-11(16-9)21-13-17-8-3-2-7(14)4-10(8)20-13/h2-6H,14H2,1H3. The Labute approximate surface area is 128 Å². The van der Waals surface area contributed by atoms with Gasteiger partial charge in [0.2, 0.25) is 0 Å². The molecule has 0 atom stereocenters. The summed E-state index contributed by atoms with van der Waals surface area (Å²) in [5.41, 5.74) is 7.51. The Kier molecular flexibility index (Phi) is 3.72. The second kappa shape index (κ2) is 5.66. The Morgan fingerprint density at radius 3 is 3.00 bits per heavy atom. The Hall–Kier alpha value is -2.19. The summed E-state index contributed by atoms with van der Waals surface area (Å²) in [6, 6.07) is 5.57. The van der Waals surface area contributed by atoms with Crippen molar-refractivity contribution in [1.29, 1.82) is 0 Å². The molecule has 8 heteroatoms. The van der Waals surface area contributed by atoms with E-state index in [4.69, 9.17) is 5.73 Å². The molecule has 0 aliphatic heterocycles. The molecule has 0 unspecified atom stereocenters. The monoisotopic (exact) mass is 318 g/mol. The van der Waals surface area contributed by atoms with Gasteiger partial charge in [-0.25, -0.2) is 14.8 Å². The molecule has 2 aromatic heterocycles. The lowest BCUT2D eigenvalue weighted by Crippen LogP contribution is -2.05. The smallest absolute Gasteiger partial charge is 0.358 e. The van der Waals surface area contributed by atoms with Crippen molar-refractivity contribution < 1.29 is 9.53 Å². The molecule has 0 bridgehead atoms. The summed E-state index contributed by atoms with van der Waals surface area (Å²) in [5, 5.41) is 0.588. The van der Waals surface area contributed by atoms with Crippen molar-refractivity contribution in [1.82, 2.24) is 15.0 Å². The van der Waals surface area contributed by atoms with Crippen molar-refractivity contribution in [2.24, 2.45) is 0 Å². The van der Waals surface area contributed by atoms with Crippen molar-refractivity contribution in [3.8, 4) is 0 Å². The fourth-order valence-corrected chi connectivity index (χ4v) is 3.67. The summed E-state index contributed by atoms with van der Waals surface area (Å²) in [6.45, 7) is 0. The third kappa shape index (κ3) is 2.96. The van der Waals surface area contributed by atoms with Crippen LogP contribution in [0.2, 0.25) is 0 Å². The van der Waals surface area contributed by atoms with Gasteiger partial charge in [-0.1, -0.05) is 0 Å². The number of ether oxygens (including phenoxy) is 1. The first-order chi connectivity index (χ1) is 10.2. The summed E-state index contributed by atoms with van der Waals surface area (Å²) < 4.78 is 6.45. The van der Waals surface area contributed by atoms with Gasteiger partial charge in [-0.2, -0.15) is 0 Å². The number of hydrogen-bond acceptors (Lipinski definition) is 8. The molecule has 0 radical (unpaired) electrons. The quantitative estimate of drug-likeness (QED) is 0.586. The number of aromatic nitrogens is 3. The molecule has 2 N–H and O–H groups in total. The number of carbonyl (C=O) groups excluding carboxylic acids is 1. The van der Waals surface area contributed by atoms with E-state index in [9.17, 15) is 4.79 Å². The number of esters is 1. The van der Waals surface area contributed by atoms with Crippen LogP contribution in [0.5, 0.6) is 0 Å². The van der Waals surface area contributed by atoms with E-state index in [1.165, 1.54) is 36.4 Å². The highest BCUT2D eigenvalue weighted by molar-refractivity contribution is 8.01. The first-order valence-electron chi connectivity index (χ1n) is 5.90. The van der Waals surface area contributed by atoms with Gasteiger partial charge >= 0.3 is 5.97 Å². The molecule has 0 amide bonds. The summed E-state index contributed by atoms with van der Waals surface area (Å²) in [7, 11) is 1.31. The van der Waals surface area contributed by atoms with Crippen LogP contribution in [0.3, 0.4) is 0 Å². The zero-order chi connectivity index (χ0) is 14.8. The molecule has 1 aromatic carbocycles. The summed E-state index contributed by atoms with van der Waals surface area (Å²) in [4.78, 5) is 24.1. The molecule has 0 saturated heterocycles. The van der Waals surface area contributed by atoms with E-state index in [0.717, 1.165) is 14.6 Å². The van der Waals surface area contributed by atoms with Crippen LogP contribution in [-0.2, 0) is 4.74 Å². The summed E-state index contributed by atoms with van der Waals surface area (Å²) in [5.74, 6) is -0.512. The van der Waals surface area contributed by atoms with Crippen LogP contribution in [0.1, 0.15) is 10.5 Å². The lowest BCUT2D eigenvalue weighted by molar-refractivity contribution is 0.0592. The average Bonchev–Trinajstić information content (AvgIpc) is 2.88. The third-order valence-electron chi connectivity index (χ3n) is 2.59. The van der Waals surface area contributed by atoms with Crippen molar-refractivity contribution in [2.75, 3.05) is 12.8 Å². The minimum atomic E-state index is -0.512. The predicted octanol–water partition coefficient (Wildman–Crippen LogP) is 2.61. The fraction of sp³-hybridized carbons (Fsp3) is 0.0769. The Bertz CT molecular complexity index is 819. The minimum Gasteiger partial charge on any atom is -0.464 e. The van der Waals surface area contributed by atoms with Gasteiger partial charge < -0.3 is 10.5 Å². The molecule has 21 heavy (non-hydrogen) atoms. The van der Waals surface area contributed by atoms with Crippen molar-refractivity contribution >= 4 is 45.0 Å². The lowest BCUT2D eigenvalue weighted by Gasteiger charge is -2.00. The molecule has 0 saturated carbocycles. The maximum atomic E-state index is 11.4. The van der Waals surface area contributed by atoms with Crippen LogP contribution in [0.15, 0.2) is 40.0 Å². The molecule has 0 fully saturated rings. The van der Waals surface area contributed by atoms with Gasteiger partial charge in [0.25, 0.3) is 0 Å². The Morgan fingerprint density at radius 1 is 1.33 bits per heavy atom. The van der Waals surface area contributed by atoms with E-state index < -0.39 is 5.97 Å². The van der Waals surface area contributed by atoms with Gasteiger partial charge in [0, 0.05) is 5.69 Å². The SMILES string of the molecule is COC(=O)c1cncc(Sc2nc3ccc(N)cc3s2)n1. The van der Waals surface area contributed by atoms with Gasteiger partial charge in [-0.05, 0) is 30.0 Å². The molecule has 6 nitrogen and oxygen atoms in total. The van der Waals surface area contributed by atoms with Gasteiger partial charge in [0.1, 0.15) is 5.03 Å². The number of anilines is 1. The van der Waals surface area contributed by atoms with Crippen LogP contribution in [0, 0.1) is 0 Å². The number of nitrogens with two attached hydrogens (primary N) is 1. The molecular weight excluding hydrogens is 308 g/mol. The fourth-order valence-electron chi connectivity index (χ4n) is 1.65. The first kappa shape index (κ1) is 13.8. The van der Waals surface area contributed by atoms with Crippen molar-refractivity contribution in [2.45, 2.75) is 9.37 Å². The highest BCUT2D eigenvalue weighted by Gasteiger charge is 2.11. The number of benzene rings is 1. The molecule has 0 aliphatic carbocycles. The van der Waals surface area contributed by atoms with E-state index in [-0.39, 0.29) is 5.69 Å². The largest absolute Gasteiger partial charge is 0.464 e. The molecule has 106 valence electrons. The van der Waals surface area contributed by atoms with Crippen molar-refractivity contribution in [3.05, 3.63) is 36.3 Å². The lowest BCUT2D eigenvalue weighted by atomic mass is 10.3. The van der Waals surface area contributed by atoms with Crippen LogP contribution in [-0.4, -0.2) is 28.0 Å². The number of fused-ring (bicyclic) bond motifs is 1. The average molecular weight is 318 g/mol. The molecular formula is C13H10N4O2S2. The van der Waals surface area contributed by atoms with E-state index in [0.29, 0.717) is 10.7 Å². The van der Waals surface area contributed by atoms with Crippen LogP contribution >= 0.6 is 23.1 Å². The molecule has 0 spiro atoms. The third-order valence-corrected chi connectivity index (χ3v) is 4.58. The molecule has 2 heterocycles. The zero-order valence-electron chi connectivity index (χ0n) is 10.9. The number of nitrogen functional groups attached to an aromatic ring is 1. The Morgan fingerprint density at radius 2 is 2.19 bits per heavy atom. The second-order valence-electron chi connectivity index (χ2n) is 4.04. The topological polar surface area (TPSA) is 91.0 Å². The van der Waals surface area contributed by atoms with Crippen LogP contribution < -0.4 is 5.73 Å². The zero-order valence-corrected chi connectivity index (χ0v) is 12.6. The van der Waals surface area contributed by atoms with Gasteiger partial charge in [0.15, 0.2) is 10.0 Å². The number of methoxy groups -OCH3 is 1. The number of carbonyl (C=O) groups is 1. The van der Waals surface area contributed by atoms with Crippen LogP contribution in [0.25, 0.3) is 10.2 Å². The number of rotatable bonds is 3. The summed E-state index contributed by atoms with van der Waals surface area (Å²) in [6.07, 6.45) is 2.95. The number of hydrogen-bond donors (Lipinski definition) is 1. The summed E-state index contributed by atoms with van der Waals surface area (Å²) >= 11 is 2.86. The van der Waals surface area contributed by atoms with E-state index in [1.807, 2.05) is 18.2 Å². The van der Waals surface area contributed by atoms with Crippen LogP contribution in [0.4, 0.5) is 5.69 Å². The van der Waals surface area contributed by atoms with Gasteiger partial charge in [-0.3, -0.25) is 4.98 Å². The normalized spacial score (nSPS) is 10.7. The molecule has 3 aromatic rings. The van der Waals surface area contributed by atoms with Crippen molar-refractivity contribution in [3.63, 3.8) is 0 Å². The van der Waals surface area contributed by atoms with E-state index in [2.05, 4.69) is 19.7 Å². The number of nitrogens with zero attached hydrogens (tertiary/aromatic N) is 3. The Balaban J connectivity index is 1.89. The maximum absolute atomic E-state index is 11.4. The van der Waals surface area contributed by atoms with E-state index >= 15 is 0 Å². The van der Waals surface area contributed by atoms with E-state index in [1.54, 1.807) is 6.20 Å². The first-order valence-corrected chi connectivity index (χ1v) is 7.53. The number of thiazole rings is 1. The van der Waals surface area contributed by atoms with Gasteiger partial charge in [-0.15, -0.1) is 11.3 Å². The maximum Gasteiger partial charge on any atom is 0.358 e. The highest BCUT2D eigenvalue weighted by Crippen LogP contribution is 2.33. The molecule has 0 aliphatic rings. The van der Waals surface area contributed by atoms with Gasteiger partial charge in [0.05, 0.1) is 29.7 Å². The minimum absolute atomic E-state index is 0.174. The second-order valence-corrected chi connectivity index (χ2v) is 6.34. The molecule has 3 rings (SSSR count). The predicted molar refractivity (Wildman–Crippen MR) is 81.5 cm³/mol.